The van der Waals surface area contributed by atoms with Crippen molar-refractivity contribution in [2.24, 2.45) is 0 Å². The Morgan fingerprint density at radius 3 is 2.26 bits per heavy atom. The summed E-state index contributed by atoms with van der Waals surface area (Å²) in [4.78, 5) is 12.8. The average molecular weight is 558 g/mol. The van der Waals surface area contributed by atoms with Gasteiger partial charge in [-0.25, -0.2) is 23.4 Å². The Hall–Kier alpha value is -4.10. The minimum absolute atomic E-state index is 0.0169. The summed E-state index contributed by atoms with van der Waals surface area (Å²) in [5, 5.41) is 7.39. The van der Waals surface area contributed by atoms with Crippen LogP contribution in [0.3, 0.4) is 0 Å². The molecule has 0 unspecified atom stereocenters. The molecule has 3 heterocycles. The summed E-state index contributed by atoms with van der Waals surface area (Å²) in [5.41, 5.74) is 1.30. The lowest BCUT2D eigenvalue weighted by molar-refractivity contribution is 0.0947. The molecule has 4 aromatic rings. The van der Waals surface area contributed by atoms with Crippen molar-refractivity contribution < 1.29 is 31.5 Å². The molecule has 0 aliphatic carbocycles. The second kappa shape index (κ2) is 11.7. The van der Waals surface area contributed by atoms with Crippen LogP contribution in [0.25, 0.3) is 17.2 Å². The molecule has 0 spiro atoms. The van der Waals surface area contributed by atoms with Crippen molar-refractivity contribution in [2.75, 3.05) is 28.4 Å². The van der Waals surface area contributed by atoms with E-state index in [2.05, 4.69) is 25.1 Å². The minimum atomic E-state index is -3.98. The van der Waals surface area contributed by atoms with E-state index in [0.29, 0.717) is 17.2 Å². The standard InChI is InChI=1S/C26H30N6O6S/c1-16-13-27-25(28-14-16)24(38-6)17(2)39(33,34)15-21-30-31-26(18-9-7-12-22(29-18)37-5)32(21)23-19(35-3)10-8-11-20(23)36-4/h7-14,17,24H,15H2,1-6H3/t17-,24-/m0/s1/i5D3. The average Bonchev–Trinajstić information content (AvgIpc) is 3.35. The van der Waals surface area contributed by atoms with Crippen LogP contribution in [0.2, 0.25) is 0 Å². The first-order chi connectivity index (χ1) is 19.9. The fourth-order valence-electron chi connectivity index (χ4n) is 4.02. The van der Waals surface area contributed by atoms with Gasteiger partial charge in [-0.3, -0.25) is 4.57 Å². The summed E-state index contributed by atoms with van der Waals surface area (Å²) in [6.07, 6.45) is 2.21. The lowest BCUT2D eigenvalue weighted by Gasteiger charge is -2.22. The maximum Gasteiger partial charge on any atom is 0.213 e. The summed E-state index contributed by atoms with van der Waals surface area (Å²) in [5.74, 6) is 0.250. The van der Waals surface area contributed by atoms with Crippen molar-refractivity contribution in [1.82, 2.24) is 29.7 Å². The normalized spacial score (nSPS) is 14.5. The topological polar surface area (TPSA) is 140 Å². The fraction of sp³-hybridized carbons (Fsp3) is 0.346. The first kappa shape index (κ1) is 24.0. The number of benzene rings is 1. The maximum absolute atomic E-state index is 13.8. The highest BCUT2D eigenvalue weighted by molar-refractivity contribution is 7.91. The van der Waals surface area contributed by atoms with E-state index < -0.39 is 34.0 Å². The van der Waals surface area contributed by atoms with E-state index in [0.717, 1.165) is 5.56 Å². The predicted octanol–water partition coefficient (Wildman–Crippen LogP) is 3.14. The Morgan fingerprint density at radius 1 is 0.974 bits per heavy atom. The number of methoxy groups -OCH3 is 4. The van der Waals surface area contributed by atoms with Gasteiger partial charge in [0.2, 0.25) is 5.88 Å². The maximum atomic E-state index is 13.8. The second-order valence-electron chi connectivity index (χ2n) is 8.54. The summed E-state index contributed by atoms with van der Waals surface area (Å²) < 4.78 is 73.0. The third-order valence-electron chi connectivity index (χ3n) is 6.05. The van der Waals surface area contributed by atoms with E-state index in [-0.39, 0.29) is 29.0 Å². The van der Waals surface area contributed by atoms with Crippen molar-refractivity contribution in [1.29, 1.82) is 0 Å². The smallest absolute Gasteiger partial charge is 0.213 e. The van der Waals surface area contributed by atoms with Gasteiger partial charge in [0.1, 0.15) is 34.7 Å². The summed E-state index contributed by atoms with van der Waals surface area (Å²) in [6.45, 7) is 3.33. The van der Waals surface area contributed by atoms with Crippen LogP contribution >= 0.6 is 0 Å². The molecule has 13 heteroatoms. The molecule has 0 saturated heterocycles. The molecule has 0 radical (unpaired) electrons. The van der Waals surface area contributed by atoms with Gasteiger partial charge in [-0.05, 0) is 37.6 Å². The van der Waals surface area contributed by atoms with Gasteiger partial charge in [0, 0.05) is 25.6 Å². The molecule has 4 rings (SSSR count). The zero-order valence-electron chi connectivity index (χ0n) is 25.0. The van der Waals surface area contributed by atoms with E-state index in [4.69, 9.17) is 23.1 Å². The zero-order valence-corrected chi connectivity index (χ0v) is 22.8. The van der Waals surface area contributed by atoms with Gasteiger partial charge in [0.05, 0.1) is 30.6 Å². The van der Waals surface area contributed by atoms with Gasteiger partial charge in [-0.2, -0.15) is 0 Å². The van der Waals surface area contributed by atoms with Crippen LogP contribution in [0.5, 0.6) is 17.4 Å². The number of aryl methyl sites for hydroxylation is 1. The number of para-hydroxylation sites is 1. The van der Waals surface area contributed by atoms with E-state index in [1.54, 1.807) is 36.7 Å². The third kappa shape index (κ3) is 5.68. The number of sulfone groups is 1. The first-order valence-electron chi connectivity index (χ1n) is 13.2. The van der Waals surface area contributed by atoms with E-state index in [9.17, 15) is 8.42 Å². The Balaban J connectivity index is 1.85. The number of aromatic nitrogens is 6. The summed E-state index contributed by atoms with van der Waals surface area (Å²) >= 11 is 0. The van der Waals surface area contributed by atoms with Gasteiger partial charge in [0.25, 0.3) is 0 Å². The summed E-state index contributed by atoms with van der Waals surface area (Å²) in [6, 6.07) is 9.51. The van der Waals surface area contributed by atoms with Crippen molar-refractivity contribution in [3.8, 4) is 34.6 Å². The second-order valence-corrected chi connectivity index (χ2v) is 10.9. The Morgan fingerprint density at radius 2 is 1.64 bits per heavy atom. The molecule has 3 aromatic heterocycles. The van der Waals surface area contributed by atoms with Gasteiger partial charge in [-0.1, -0.05) is 12.1 Å². The number of hydrogen-bond acceptors (Lipinski definition) is 11. The van der Waals surface area contributed by atoms with Gasteiger partial charge in [0.15, 0.2) is 27.3 Å². The highest BCUT2D eigenvalue weighted by Gasteiger charge is 2.35. The fourth-order valence-corrected chi connectivity index (χ4v) is 5.43. The minimum Gasteiger partial charge on any atom is -0.494 e. The number of rotatable bonds is 11. The van der Waals surface area contributed by atoms with Crippen LogP contribution in [0, 0.1) is 6.92 Å². The molecule has 206 valence electrons. The molecule has 1 aromatic carbocycles. The predicted molar refractivity (Wildman–Crippen MR) is 143 cm³/mol. The van der Waals surface area contributed by atoms with E-state index >= 15 is 0 Å². The van der Waals surface area contributed by atoms with Gasteiger partial charge >= 0.3 is 0 Å². The molecule has 0 fully saturated rings. The largest absolute Gasteiger partial charge is 0.494 e. The van der Waals surface area contributed by atoms with Crippen LogP contribution in [-0.4, -0.2) is 71.8 Å². The Kier molecular flexibility index (Phi) is 7.22. The first-order valence-corrected chi connectivity index (χ1v) is 13.4. The van der Waals surface area contributed by atoms with Crippen molar-refractivity contribution in [3.05, 3.63) is 66.0 Å². The van der Waals surface area contributed by atoms with Crippen LogP contribution in [0.15, 0.2) is 48.8 Å². The van der Waals surface area contributed by atoms with E-state index in [1.807, 2.05) is 6.92 Å². The summed E-state index contributed by atoms with van der Waals surface area (Å²) in [7, 11) is -2.42. The van der Waals surface area contributed by atoms with Gasteiger partial charge in [-0.15, -0.1) is 10.2 Å². The number of nitrogens with zero attached hydrogens (tertiary/aromatic N) is 6. The van der Waals surface area contributed by atoms with Crippen LogP contribution < -0.4 is 14.2 Å². The van der Waals surface area contributed by atoms with Gasteiger partial charge < -0.3 is 18.9 Å². The van der Waals surface area contributed by atoms with Crippen LogP contribution in [0.1, 0.15) is 34.4 Å². The van der Waals surface area contributed by atoms with E-state index in [1.165, 1.54) is 45.0 Å². The zero-order chi connectivity index (χ0) is 30.7. The monoisotopic (exact) mass is 557 g/mol. The molecular weight excluding hydrogens is 524 g/mol. The lowest BCUT2D eigenvalue weighted by atomic mass is 10.2. The molecule has 0 bridgehead atoms. The molecular formula is C26H30N6O6S. The number of ether oxygens (including phenoxy) is 4. The Bertz CT molecular complexity index is 1620. The number of pyridine rings is 1. The third-order valence-corrected chi connectivity index (χ3v) is 8.09. The van der Waals surface area contributed by atoms with Crippen LogP contribution in [0.4, 0.5) is 0 Å². The molecule has 39 heavy (non-hydrogen) atoms. The molecule has 0 amide bonds. The van der Waals surface area contributed by atoms with Crippen molar-refractivity contribution in [2.45, 2.75) is 31.0 Å². The highest BCUT2D eigenvalue weighted by atomic mass is 32.2. The Labute approximate surface area is 231 Å². The van der Waals surface area contributed by atoms with Crippen molar-refractivity contribution >= 4 is 9.84 Å². The van der Waals surface area contributed by atoms with Crippen LogP contribution in [-0.2, 0) is 20.3 Å². The molecule has 0 aliphatic rings. The number of hydrogen-bond donors (Lipinski definition) is 0. The molecule has 2 atom stereocenters. The quantitative estimate of drug-likeness (QED) is 0.268. The lowest BCUT2D eigenvalue weighted by Crippen LogP contribution is -2.30. The molecule has 0 aliphatic heterocycles. The molecule has 0 N–H and O–H groups in total. The highest BCUT2D eigenvalue weighted by Crippen LogP contribution is 2.37. The molecule has 12 nitrogen and oxygen atoms in total. The molecule has 0 saturated carbocycles. The van der Waals surface area contributed by atoms with Crippen molar-refractivity contribution in [3.63, 3.8) is 0 Å². The SMILES string of the molecule is [2H]C([2H])([2H])Oc1cccc(-c2nnc(CS(=O)(=O)[C@@H](C)[C@H](OC)c3ncc(C)cn3)n2-c2c(OC)cccc2OC)n1.